The van der Waals surface area contributed by atoms with Crippen molar-refractivity contribution in [1.82, 2.24) is 44.2 Å². The average molecular weight is 666 g/mol. The summed E-state index contributed by atoms with van der Waals surface area (Å²) in [6.45, 7) is 1.33. The molecule has 8 bridgehead atoms. The molecule has 2 aliphatic heterocycles. The van der Waals surface area contributed by atoms with Gasteiger partial charge in [-0.3, -0.25) is 0 Å². The lowest BCUT2D eigenvalue weighted by Gasteiger charge is -2.20. The van der Waals surface area contributed by atoms with Crippen LogP contribution in [0.2, 0.25) is 0 Å². The molecule has 0 aliphatic carbocycles. The van der Waals surface area contributed by atoms with Gasteiger partial charge in [0.05, 0.1) is 10.5 Å². The Morgan fingerprint density at radius 2 is 1.00 bits per heavy atom. The number of fused-ring (bicyclic) bond motifs is 20. The molecule has 5 heterocycles. The molecular formula is C36H27N9O3S. The van der Waals surface area contributed by atoms with Gasteiger partial charge in [-0.2, -0.15) is 4.31 Å². The van der Waals surface area contributed by atoms with Gasteiger partial charge in [0.1, 0.15) is 29.3 Å². The van der Waals surface area contributed by atoms with Gasteiger partial charge in [0.15, 0.2) is 23.3 Å². The molecule has 9 rings (SSSR count). The highest BCUT2D eigenvalue weighted by molar-refractivity contribution is 7.89. The number of benzene rings is 4. The van der Waals surface area contributed by atoms with E-state index < -0.39 is 16.8 Å². The Kier molecular flexibility index (Phi) is 6.62. The topological polar surface area (TPSA) is 167 Å². The van der Waals surface area contributed by atoms with Gasteiger partial charge in [0, 0.05) is 44.8 Å². The number of nitrogens with one attached hydrogen (secondary N) is 2. The molecule has 49 heavy (non-hydrogen) atoms. The highest BCUT2D eigenvalue weighted by Crippen LogP contribution is 2.40. The van der Waals surface area contributed by atoms with Crippen molar-refractivity contribution in [3.63, 3.8) is 0 Å². The molecule has 2 aliphatic rings. The summed E-state index contributed by atoms with van der Waals surface area (Å²) in [7, 11) is -4.15. The van der Waals surface area contributed by atoms with Crippen molar-refractivity contribution in [2.45, 2.75) is 18.2 Å². The lowest BCUT2D eigenvalue weighted by atomic mass is 10.1. The predicted octanol–water partition coefficient (Wildman–Crippen LogP) is 6.22. The molecular weight excluding hydrogens is 639 g/mol. The fraction of sp³-hybridized carbons (Fsp3) is 0.111. The number of nitrogens with zero attached hydrogens (tertiary/aromatic N) is 7. The number of aliphatic hydroxyl groups is 1. The molecule has 0 unspecified atom stereocenters. The van der Waals surface area contributed by atoms with Crippen molar-refractivity contribution in [1.29, 1.82) is 0 Å². The van der Waals surface area contributed by atoms with Crippen LogP contribution in [0.5, 0.6) is 0 Å². The van der Waals surface area contributed by atoms with Gasteiger partial charge in [-0.15, -0.1) is 0 Å². The van der Waals surface area contributed by atoms with Crippen molar-refractivity contribution in [3.05, 3.63) is 91.0 Å². The summed E-state index contributed by atoms with van der Waals surface area (Å²) in [4.78, 5) is 36.4. The quantitative estimate of drug-likeness (QED) is 0.181. The van der Waals surface area contributed by atoms with Crippen molar-refractivity contribution in [3.8, 4) is 45.6 Å². The zero-order valence-corrected chi connectivity index (χ0v) is 26.9. The molecule has 0 atom stereocenters. The Balaban J connectivity index is 1.46. The third kappa shape index (κ3) is 4.54. The maximum absolute atomic E-state index is 14.0. The molecule has 0 saturated carbocycles. The fourth-order valence-corrected chi connectivity index (χ4v) is 8.09. The Bertz CT molecular complexity index is 2770. The SMILES string of the molecule is CCCN(CO)S(=O)(=O)c1cccc2c1-c1nc-2nc2[nH]c(nc3nc(nc4[nH]c(n1)c1ccccc41)-c1ccccc1-3)c1ccccc21. The van der Waals surface area contributed by atoms with Crippen LogP contribution in [0, 0.1) is 0 Å². The van der Waals surface area contributed by atoms with Crippen LogP contribution in [-0.4, -0.2) is 71.0 Å². The first-order valence-corrected chi connectivity index (χ1v) is 17.2. The largest absolute Gasteiger partial charge is 0.380 e. The number of hydrogen-bond donors (Lipinski definition) is 3. The summed E-state index contributed by atoms with van der Waals surface area (Å²) in [6.07, 6.45) is 0.524. The maximum Gasteiger partial charge on any atom is 0.245 e. The number of hydrogen-bond acceptors (Lipinski definition) is 9. The van der Waals surface area contributed by atoms with E-state index in [0.29, 0.717) is 51.8 Å². The second kappa shape index (κ2) is 11.1. The Morgan fingerprint density at radius 3 is 1.49 bits per heavy atom. The lowest BCUT2D eigenvalue weighted by molar-refractivity contribution is 0.179. The standard InChI is InChI=1S/C36H27N9O3S/c1-2-18-45(19-46)49(47,48)27-17-9-16-26-28(27)36-43-34-25-15-8-7-14-24(25)32(41-34)39-30-21-11-4-3-10-20(21)29(37-30)38-31-22-12-5-6-13-23(22)33(40-31)42-35(26)44-36/h3-17,46H,2,18-19H2,1H3,(H2,37,38,39,40,41,42,43,44). The van der Waals surface area contributed by atoms with Crippen molar-refractivity contribution >= 4 is 54.2 Å². The van der Waals surface area contributed by atoms with Gasteiger partial charge in [-0.1, -0.05) is 91.9 Å². The number of sulfonamides is 1. The van der Waals surface area contributed by atoms with E-state index in [-0.39, 0.29) is 23.1 Å². The van der Waals surface area contributed by atoms with Crippen LogP contribution >= 0.6 is 0 Å². The number of H-pyrrole nitrogens is 2. The minimum Gasteiger partial charge on any atom is -0.380 e. The van der Waals surface area contributed by atoms with E-state index in [2.05, 4.69) is 9.97 Å². The van der Waals surface area contributed by atoms with Crippen LogP contribution < -0.4 is 0 Å². The first-order chi connectivity index (χ1) is 23.9. The molecule has 0 radical (unpaired) electrons. The van der Waals surface area contributed by atoms with Crippen LogP contribution in [0.25, 0.3) is 89.7 Å². The van der Waals surface area contributed by atoms with Crippen LogP contribution in [0.4, 0.5) is 0 Å². The van der Waals surface area contributed by atoms with Gasteiger partial charge in [0.2, 0.25) is 10.0 Å². The van der Waals surface area contributed by atoms with E-state index in [1.807, 2.05) is 79.7 Å². The number of aliphatic hydroxyl groups excluding tert-OH is 1. The molecule has 0 fully saturated rings. The molecule has 12 nitrogen and oxygen atoms in total. The fourth-order valence-electron chi connectivity index (χ4n) is 6.53. The zero-order valence-electron chi connectivity index (χ0n) is 26.1. The number of aromatic nitrogens is 8. The summed E-state index contributed by atoms with van der Waals surface area (Å²) in [5.41, 5.74) is 4.52. The molecule has 0 amide bonds. The predicted molar refractivity (Wildman–Crippen MR) is 187 cm³/mol. The Labute approximate surface area is 279 Å². The van der Waals surface area contributed by atoms with E-state index in [1.54, 1.807) is 12.1 Å². The second-order valence-electron chi connectivity index (χ2n) is 11.7. The lowest BCUT2D eigenvalue weighted by Crippen LogP contribution is -2.33. The second-order valence-corrected chi connectivity index (χ2v) is 13.7. The summed E-state index contributed by atoms with van der Waals surface area (Å²) in [6, 6.07) is 28.2. The van der Waals surface area contributed by atoms with Gasteiger partial charge >= 0.3 is 0 Å². The van der Waals surface area contributed by atoms with Gasteiger partial charge in [-0.05, 0) is 12.5 Å². The molecule has 240 valence electrons. The van der Waals surface area contributed by atoms with Crippen LogP contribution in [-0.2, 0) is 10.0 Å². The normalized spacial score (nSPS) is 12.5. The van der Waals surface area contributed by atoms with Gasteiger partial charge < -0.3 is 15.1 Å². The van der Waals surface area contributed by atoms with Crippen LogP contribution in [0.15, 0.2) is 95.9 Å². The third-order valence-electron chi connectivity index (χ3n) is 8.79. The molecule has 0 spiro atoms. The van der Waals surface area contributed by atoms with Crippen LogP contribution in [0.3, 0.4) is 0 Å². The molecule has 4 aromatic carbocycles. The zero-order chi connectivity index (χ0) is 33.3. The first kappa shape index (κ1) is 29.3. The maximum atomic E-state index is 14.0. The molecule has 0 saturated heterocycles. The summed E-state index contributed by atoms with van der Waals surface area (Å²) >= 11 is 0. The molecule has 3 aromatic heterocycles. The van der Waals surface area contributed by atoms with Gasteiger partial charge in [-0.25, -0.2) is 38.3 Å². The highest BCUT2D eigenvalue weighted by atomic mass is 32.2. The van der Waals surface area contributed by atoms with Crippen LogP contribution in [0.1, 0.15) is 13.3 Å². The average Bonchev–Trinajstić information content (AvgIpc) is 3.86. The van der Waals surface area contributed by atoms with E-state index in [4.69, 9.17) is 29.9 Å². The molecule has 7 aromatic rings. The Hall–Kier alpha value is -5.89. The third-order valence-corrected chi connectivity index (χ3v) is 10.7. The summed E-state index contributed by atoms with van der Waals surface area (Å²) < 4.78 is 29.1. The van der Waals surface area contributed by atoms with Gasteiger partial charge in [0.25, 0.3) is 0 Å². The smallest absolute Gasteiger partial charge is 0.245 e. The van der Waals surface area contributed by atoms with E-state index >= 15 is 0 Å². The van der Waals surface area contributed by atoms with E-state index in [1.165, 1.54) is 6.07 Å². The van der Waals surface area contributed by atoms with Crippen molar-refractivity contribution < 1.29 is 13.5 Å². The number of rotatable bonds is 5. The summed E-state index contributed by atoms with van der Waals surface area (Å²) in [5, 5.41) is 13.3. The molecule has 13 heteroatoms. The first-order valence-electron chi connectivity index (χ1n) is 15.8. The molecule has 3 N–H and O–H groups in total. The minimum atomic E-state index is -4.15. The summed E-state index contributed by atoms with van der Waals surface area (Å²) in [5.74, 6) is 1.44. The van der Waals surface area contributed by atoms with Crippen molar-refractivity contribution in [2.24, 2.45) is 0 Å². The van der Waals surface area contributed by atoms with Crippen molar-refractivity contribution in [2.75, 3.05) is 13.3 Å². The monoisotopic (exact) mass is 665 g/mol. The number of aromatic amines is 2. The van der Waals surface area contributed by atoms with E-state index in [9.17, 15) is 13.5 Å². The minimum absolute atomic E-state index is 0.0226. The highest BCUT2D eigenvalue weighted by Gasteiger charge is 2.32. The Morgan fingerprint density at radius 1 is 0.571 bits per heavy atom. The van der Waals surface area contributed by atoms with E-state index in [0.717, 1.165) is 37.0 Å².